The van der Waals surface area contributed by atoms with Gasteiger partial charge in [-0.25, -0.2) is 22.7 Å². The van der Waals surface area contributed by atoms with Crippen molar-refractivity contribution >= 4 is 47.2 Å². The molecule has 0 aromatic heterocycles. The first-order chi connectivity index (χ1) is 45.5. The minimum absolute atomic E-state index is 0.00437. The maximum atomic E-state index is 13.6. The molecule has 0 radical (unpaired) electrons. The lowest BCUT2D eigenvalue weighted by Gasteiger charge is -2.35. The number of carbonyl (C=O) groups is 5. The maximum absolute atomic E-state index is 13.6. The van der Waals surface area contributed by atoms with E-state index in [4.69, 9.17) is 36.8 Å². The summed E-state index contributed by atoms with van der Waals surface area (Å²) < 4.78 is 147. The molecule has 6 saturated heterocycles. The number of alkyl halides is 9. The molecule has 9 rings (SSSR count). The SMILES string of the molecule is COC(=O)C1CCN(c2cc(C(F)(F)F)ccc2[C@H]2CN(C(=O)OC(C)(C)C)C[C@@H]2CO)CC1.[C-]#[N+]C[C@H]1CN(C(=O)OC(C)(C)C)C[C@@H]1c1ccc(C(F)(F)F)cc1N1CCC(C(=O)OC)CC1.[C-]#[N+]C[C@H]1CNC[C@@H]1c1ccc(C(F)(F)F)cc1N1CCC(C(=O)OC)CC1. The Balaban J connectivity index is 0.000000206. The second-order valence-electron chi connectivity index (χ2n) is 27.6. The summed E-state index contributed by atoms with van der Waals surface area (Å²) >= 11 is 0. The molecule has 6 aliphatic heterocycles. The Labute approximate surface area is 560 Å². The number of piperidine rings is 3. The number of ether oxygens (including phenoxy) is 5. The Kier molecular flexibility index (Phi) is 25.5. The molecule has 3 aromatic rings. The first-order valence-corrected chi connectivity index (χ1v) is 32.6. The molecular weight excluding hydrogens is 1290 g/mol. The zero-order valence-corrected chi connectivity index (χ0v) is 56.3. The number of hydrogen-bond acceptors (Lipinski definition) is 15. The van der Waals surface area contributed by atoms with E-state index in [0.717, 1.165) is 35.9 Å². The molecule has 3 aromatic carbocycles. The van der Waals surface area contributed by atoms with E-state index < -0.39 is 58.6 Å². The molecule has 6 fully saturated rings. The van der Waals surface area contributed by atoms with Gasteiger partial charge in [-0.1, -0.05) is 18.2 Å². The molecule has 6 heterocycles. The molecule has 0 spiro atoms. The molecule has 6 aliphatic rings. The van der Waals surface area contributed by atoms with E-state index in [1.807, 2.05) is 14.7 Å². The summed E-state index contributed by atoms with van der Waals surface area (Å²) in [6.07, 6.45) is -11.4. The zero-order valence-electron chi connectivity index (χ0n) is 56.3. The van der Waals surface area contributed by atoms with Crippen molar-refractivity contribution in [1.82, 2.24) is 15.1 Å². The van der Waals surface area contributed by atoms with Crippen molar-refractivity contribution in [3.8, 4) is 0 Å². The molecule has 2 amide bonds. The third kappa shape index (κ3) is 20.0. The predicted molar refractivity (Wildman–Crippen MR) is 342 cm³/mol. The summed E-state index contributed by atoms with van der Waals surface area (Å²) in [6, 6.07) is 11.3. The predicted octanol–water partition coefficient (Wildman–Crippen LogP) is 12.3. The van der Waals surface area contributed by atoms with Crippen LogP contribution in [0.1, 0.15) is 131 Å². The number of aliphatic hydroxyl groups is 1. The number of nitrogens with zero attached hydrogens (tertiary/aromatic N) is 7. The lowest BCUT2D eigenvalue weighted by atomic mass is 9.86. The second kappa shape index (κ2) is 32.3. The summed E-state index contributed by atoms with van der Waals surface area (Å²) in [5.41, 5.74) is 0.0463. The number of rotatable bonds is 12. The average Bonchev–Trinajstić information content (AvgIpc) is 1.74. The lowest BCUT2D eigenvalue weighted by molar-refractivity contribution is -0.146. The van der Waals surface area contributed by atoms with Gasteiger partial charge in [0.25, 0.3) is 0 Å². The molecule has 97 heavy (non-hydrogen) atoms. The van der Waals surface area contributed by atoms with Gasteiger partial charge in [0.2, 0.25) is 13.1 Å². The van der Waals surface area contributed by atoms with Crippen LogP contribution in [-0.2, 0) is 56.6 Å². The van der Waals surface area contributed by atoms with Crippen molar-refractivity contribution in [2.45, 2.75) is 128 Å². The highest BCUT2D eigenvalue weighted by molar-refractivity contribution is 5.75. The Morgan fingerprint density at radius 2 is 0.784 bits per heavy atom. The number of carbonyl (C=O) groups excluding carboxylic acids is 5. The van der Waals surface area contributed by atoms with Crippen LogP contribution in [0.5, 0.6) is 0 Å². The van der Waals surface area contributed by atoms with Crippen LogP contribution >= 0.6 is 0 Å². The Morgan fingerprint density at radius 1 is 0.474 bits per heavy atom. The number of nitrogens with one attached hydrogen (secondary N) is 1. The van der Waals surface area contributed by atoms with Gasteiger partial charge in [-0.2, -0.15) is 39.5 Å². The van der Waals surface area contributed by atoms with Gasteiger partial charge in [0.1, 0.15) is 11.2 Å². The van der Waals surface area contributed by atoms with Gasteiger partial charge in [-0.3, -0.25) is 14.4 Å². The number of esters is 3. The summed E-state index contributed by atoms with van der Waals surface area (Å²) in [7, 11) is 4.00. The van der Waals surface area contributed by atoms with E-state index in [1.165, 1.54) is 49.3 Å². The number of aliphatic hydroxyl groups excluding tert-OH is 1. The van der Waals surface area contributed by atoms with E-state index in [1.54, 1.807) is 47.6 Å². The summed E-state index contributed by atoms with van der Waals surface area (Å²) in [5, 5.41) is 13.3. The Morgan fingerprint density at radius 3 is 1.08 bits per heavy atom. The maximum Gasteiger partial charge on any atom is 0.416 e. The van der Waals surface area contributed by atoms with Crippen molar-refractivity contribution in [3.05, 3.63) is 111 Å². The van der Waals surface area contributed by atoms with Crippen LogP contribution in [0.4, 0.5) is 66.2 Å². The number of amides is 2. The van der Waals surface area contributed by atoms with E-state index in [-0.39, 0.29) is 104 Å². The Hall–Kier alpha value is -7.72. The number of halogens is 9. The smallest absolute Gasteiger partial charge is 0.416 e. The molecular formula is C69H89F9N8O11. The van der Waals surface area contributed by atoms with Gasteiger partial charge in [0.15, 0.2) is 0 Å². The molecule has 2 N–H and O–H groups in total. The minimum Gasteiger partial charge on any atom is -0.469 e. The number of methoxy groups -OCH3 is 3. The van der Waals surface area contributed by atoms with Gasteiger partial charge in [0, 0.05) is 126 Å². The van der Waals surface area contributed by atoms with E-state index in [9.17, 15) is 68.6 Å². The number of hydrogen-bond donors (Lipinski definition) is 2. The highest BCUT2D eigenvalue weighted by atomic mass is 19.4. The molecule has 28 heteroatoms. The normalized spacial score (nSPS) is 22.3. The second-order valence-corrected chi connectivity index (χ2v) is 27.6. The fourth-order valence-corrected chi connectivity index (χ4v) is 13.8. The third-order valence-electron chi connectivity index (χ3n) is 18.8. The molecule has 0 unspecified atom stereocenters. The van der Waals surface area contributed by atoms with Gasteiger partial charge in [-0.05, 0) is 133 Å². The van der Waals surface area contributed by atoms with Crippen LogP contribution in [0.2, 0.25) is 0 Å². The van der Waals surface area contributed by atoms with Gasteiger partial charge < -0.3 is 68.3 Å². The monoisotopic (exact) mass is 1380 g/mol. The highest BCUT2D eigenvalue weighted by Crippen LogP contribution is 2.46. The minimum atomic E-state index is -4.51. The van der Waals surface area contributed by atoms with Crippen molar-refractivity contribution in [2.75, 3.05) is 134 Å². The van der Waals surface area contributed by atoms with Gasteiger partial charge in [0.05, 0.1) is 67.6 Å². The fraction of sp³-hybridized carbons (Fsp3) is 0.638. The quantitative estimate of drug-likeness (QED) is 0.0753. The number of likely N-dealkylation sites (tertiary alicyclic amines) is 2. The van der Waals surface area contributed by atoms with Crippen LogP contribution < -0.4 is 20.0 Å². The summed E-state index contributed by atoms with van der Waals surface area (Å²) in [6.45, 7) is 30.4. The highest BCUT2D eigenvalue weighted by Gasteiger charge is 2.45. The van der Waals surface area contributed by atoms with Crippen LogP contribution in [0, 0.1) is 48.7 Å². The topological polar surface area (TPSA) is 189 Å². The number of anilines is 3. The molecule has 534 valence electrons. The standard InChI is InChI=1S/C25H32F3N3O4.C24H33F3N2O5.C20H24F3N3O2/c1-24(2,3)35-23(33)31-14-17(13-29-4)20(15-31)19-7-6-18(25(26,27)28)12-21(19)30-10-8-16(9-11-30)22(32)34-5;1-23(2,3)34-22(32)29-12-16(14-30)19(13-29)18-6-5-17(24(25,26)27)11-20(18)28-9-7-15(8-10-28)21(31)33-4;1-24-10-14-11-25-12-17(14)16-4-3-15(20(21,22)23)9-18(16)26-7-5-13(6-8-26)19(27)28-2/h6-7,12,16-17,20H,8-11,13-15H2,1-3,5H3;5-6,11,15-16,19,30H,7-10,12-14H2,1-4H3;3-4,9,13-14,17,25H,5-8,10-12H2,2H3/t17-,20-;16-,19+;14-,17-/m010/s1. The third-order valence-corrected chi connectivity index (χ3v) is 18.8. The Bertz CT molecular complexity index is 3300. The van der Waals surface area contributed by atoms with Crippen molar-refractivity contribution in [3.63, 3.8) is 0 Å². The molecule has 0 bridgehead atoms. The summed E-state index contributed by atoms with van der Waals surface area (Å²) in [5.74, 6) is -2.81. The zero-order chi connectivity index (χ0) is 71.5. The lowest BCUT2D eigenvalue weighted by Crippen LogP contribution is -2.38. The number of benzene rings is 3. The average molecular weight is 1380 g/mol. The van der Waals surface area contributed by atoms with Crippen LogP contribution in [0.3, 0.4) is 0 Å². The van der Waals surface area contributed by atoms with Crippen molar-refractivity contribution in [1.29, 1.82) is 0 Å². The van der Waals surface area contributed by atoms with E-state index in [0.29, 0.717) is 132 Å². The van der Waals surface area contributed by atoms with Crippen LogP contribution in [0.25, 0.3) is 9.69 Å². The molecule has 0 saturated carbocycles. The largest absolute Gasteiger partial charge is 0.469 e. The first-order valence-electron chi connectivity index (χ1n) is 32.6. The molecule has 0 aliphatic carbocycles. The van der Waals surface area contributed by atoms with Gasteiger partial charge >= 0.3 is 48.6 Å². The van der Waals surface area contributed by atoms with Crippen molar-refractivity contribution in [2.24, 2.45) is 35.5 Å². The van der Waals surface area contributed by atoms with E-state index in [2.05, 4.69) is 15.0 Å². The summed E-state index contributed by atoms with van der Waals surface area (Å²) in [4.78, 5) is 76.6. The van der Waals surface area contributed by atoms with Crippen molar-refractivity contribution < 1.29 is 92.3 Å². The molecule has 6 atom stereocenters. The van der Waals surface area contributed by atoms with Crippen LogP contribution in [0.15, 0.2) is 54.6 Å². The molecule has 19 nitrogen and oxygen atoms in total. The van der Waals surface area contributed by atoms with E-state index >= 15 is 0 Å². The fourth-order valence-electron chi connectivity index (χ4n) is 13.8. The van der Waals surface area contributed by atoms with Crippen LogP contribution in [-0.4, -0.2) is 176 Å². The van der Waals surface area contributed by atoms with Gasteiger partial charge in [-0.15, -0.1) is 0 Å². The first kappa shape index (κ1) is 76.6.